The summed E-state index contributed by atoms with van der Waals surface area (Å²) >= 11 is 0. The lowest BCUT2D eigenvalue weighted by molar-refractivity contribution is -0.188. The molecule has 0 aliphatic rings. The molecule has 74 valence electrons. The molecule has 2 nitrogen and oxygen atoms in total. The molecule has 0 heterocycles. The van der Waals surface area contributed by atoms with Crippen molar-refractivity contribution >= 4 is 0 Å². The number of hydrogen-bond donors (Lipinski definition) is 1. The van der Waals surface area contributed by atoms with Crippen molar-refractivity contribution in [1.82, 2.24) is 0 Å². The highest BCUT2D eigenvalue weighted by atomic mass is 19.3. The molecular weight excluding hydrogens is 164 g/mol. The van der Waals surface area contributed by atoms with Gasteiger partial charge < -0.3 is 10.5 Å². The first-order chi connectivity index (χ1) is 5.38. The Morgan fingerprint density at radius 3 is 2.08 bits per heavy atom. The average Bonchev–Trinajstić information content (AvgIpc) is 1.83. The van der Waals surface area contributed by atoms with E-state index in [1.165, 1.54) is 0 Å². The summed E-state index contributed by atoms with van der Waals surface area (Å²) in [6.45, 7) is 3.23. The van der Waals surface area contributed by atoms with Crippen molar-refractivity contribution in [3.63, 3.8) is 0 Å². The number of hydrogen-bond acceptors (Lipinski definition) is 2. The van der Waals surface area contributed by atoms with Crippen molar-refractivity contribution in [2.75, 3.05) is 6.54 Å². The smallest absolute Gasteiger partial charge is 0.330 e. The van der Waals surface area contributed by atoms with Crippen molar-refractivity contribution in [2.45, 2.75) is 39.9 Å². The Bertz CT molecular complexity index is 123. The molecule has 4 heteroatoms. The largest absolute Gasteiger partial charge is 0.345 e. The molecule has 0 amide bonds. The number of alkyl halides is 2. The Morgan fingerprint density at radius 1 is 1.33 bits per heavy atom. The molecule has 0 aliphatic carbocycles. The van der Waals surface area contributed by atoms with Gasteiger partial charge in [0.2, 0.25) is 0 Å². The average molecular weight is 181 g/mol. The van der Waals surface area contributed by atoms with Crippen LogP contribution >= 0.6 is 0 Å². The highest BCUT2D eigenvalue weighted by molar-refractivity contribution is 4.74. The third kappa shape index (κ3) is 4.62. The van der Waals surface area contributed by atoms with Gasteiger partial charge in [0, 0.05) is 0 Å². The molecule has 2 N–H and O–H groups in total. The first-order valence-electron chi connectivity index (χ1n) is 4.01. The molecule has 1 unspecified atom stereocenters. The first kappa shape index (κ1) is 11.8. The normalized spacial score (nSPS) is 15.2. The van der Waals surface area contributed by atoms with Crippen molar-refractivity contribution < 1.29 is 13.5 Å². The minimum atomic E-state index is -2.71. The molecule has 0 aliphatic heterocycles. The number of nitrogens with two attached hydrogens (primary N) is 1. The Kier molecular flexibility index (Phi) is 4.63. The topological polar surface area (TPSA) is 35.2 Å². The Labute approximate surface area is 72.1 Å². The van der Waals surface area contributed by atoms with Crippen molar-refractivity contribution in [3.8, 4) is 0 Å². The molecule has 0 saturated heterocycles. The Hall–Kier alpha value is -0.220. The molecule has 0 spiro atoms. The third-order valence-corrected chi connectivity index (χ3v) is 1.66. The van der Waals surface area contributed by atoms with Gasteiger partial charge in [0.15, 0.2) is 0 Å². The van der Waals surface area contributed by atoms with E-state index in [0.717, 1.165) is 0 Å². The van der Waals surface area contributed by atoms with Crippen molar-refractivity contribution in [1.29, 1.82) is 0 Å². The summed E-state index contributed by atoms with van der Waals surface area (Å²) in [5.74, 6) is 0. The van der Waals surface area contributed by atoms with Crippen LogP contribution in [0.4, 0.5) is 8.78 Å². The molecule has 0 bridgehead atoms. The first-order valence-corrected chi connectivity index (χ1v) is 4.01. The van der Waals surface area contributed by atoms with Crippen LogP contribution in [0.5, 0.6) is 0 Å². The Morgan fingerprint density at radius 2 is 1.83 bits per heavy atom. The zero-order valence-electron chi connectivity index (χ0n) is 7.81. The second-order valence-electron chi connectivity index (χ2n) is 3.83. The monoisotopic (exact) mass is 181 g/mol. The van der Waals surface area contributed by atoms with Crippen LogP contribution in [0.2, 0.25) is 0 Å². The molecule has 0 aromatic heterocycles. The fourth-order valence-electron chi connectivity index (χ4n) is 0.981. The van der Waals surface area contributed by atoms with E-state index in [0.29, 0.717) is 13.0 Å². The van der Waals surface area contributed by atoms with Gasteiger partial charge in [0.1, 0.15) is 0 Å². The maximum atomic E-state index is 11.9. The van der Waals surface area contributed by atoms with Gasteiger partial charge in [-0.1, -0.05) is 20.8 Å². The summed E-state index contributed by atoms with van der Waals surface area (Å²) < 4.78 is 28.2. The van der Waals surface area contributed by atoms with E-state index in [1.807, 2.05) is 20.8 Å². The van der Waals surface area contributed by atoms with Crippen molar-refractivity contribution in [2.24, 2.45) is 11.1 Å². The lowest BCUT2D eigenvalue weighted by atomic mass is 9.87. The van der Waals surface area contributed by atoms with Gasteiger partial charge in [0.25, 0.3) is 0 Å². The quantitative estimate of drug-likeness (QED) is 0.719. The van der Waals surface area contributed by atoms with E-state index in [2.05, 4.69) is 4.74 Å². The molecule has 0 fully saturated rings. The van der Waals surface area contributed by atoms with Gasteiger partial charge in [-0.2, -0.15) is 8.78 Å². The minimum absolute atomic E-state index is 0.282. The highest BCUT2D eigenvalue weighted by Crippen LogP contribution is 2.26. The van der Waals surface area contributed by atoms with E-state index in [9.17, 15) is 8.78 Å². The predicted octanol–water partition coefficient (Wildman–Crippen LogP) is 1.99. The van der Waals surface area contributed by atoms with Gasteiger partial charge in [0.05, 0.1) is 6.10 Å². The van der Waals surface area contributed by atoms with Gasteiger partial charge in [-0.15, -0.1) is 0 Å². The molecule has 0 radical (unpaired) electrons. The van der Waals surface area contributed by atoms with E-state index in [1.54, 1.807) is 0 Å². The molecule has 0 aromatic carbocycles. The van der Waals surface area contributed by atoms with Crippen LogP contribution in [0.3, 0.4) is 0 Å². The third-order valence-electron chi connectivity index (χ3n) is 1.66. The summed E-state index contributed by atoms with van der Waals surface area (Å²) in [7, 11) is 0. The van der Waals surface area contributed by atoms with Crippen LogP contribution in [0.25, 0.3) is 0 Å². The molecule has 0 aromatic rings. The maximum Gasteiger partial charge on any atom is 0.345 e. The lowest BCUT2D eigenvalue weighted by Gasteiger charge is -2.29. The summed E-state index contributed by atoms with van der Waals surface area (Å²) in [6.07, 6.45) is -0.00380. The second kappa shape index (κ2) is 4.72. The lowest BCUT2D eigenvalue weighted by Crippen LogP contribution is -2.33. The van der Waals surface area contributed by atoms with Crippen LogP contribution in [0.1, 0.15) is 27.2 Å². The van der Waals surface area contributed by atoms with E-state index >= 15 is 0 Å². The summed E-state index contributed by atoms with van der Waals surface area (Å²) in [5, 5.41) is 0. The molecule has 1 atom stereocenters. The summed E-state index contributed by atoms with van der Waals surface area (Å²) in [4.78, 5) is 0. The maximum absolute atomic E-state index is 11.9. The van der Waals surface area contributed by atoms with E-state index in [-0.39, 0.29) is 5.41 Å². The molecule has 0 rings (SSSR count). The molecule has 0 saturated carbocycles. The standard InChI is InChI=1S/C8H17F2NO/c1-8(2,3)6(4-5-11)12-7(9)10/h6-7H,4-5,11H2,1-3H3. The SMILES string of the molecule is CC(C)(C)C(CCN)OC(F)F. The molecular formula is C8H17F2NO. The van der Waals surface area contributed by atoms with Crippen LogP contribution in [-0.2, 0) is 4.74 Å². The zero-order chi connectivity index (χ0) is 9.78. The number of rotatable bonds is 4. The van der Waals surface area contributed by atoms with E-state index < -0.39 is 12.7 Å². The van der Waals surface area contributed by atoms with Crippen LogP contribution in [-0.4, -0.2) is 19.3 Å². The zero-order valence-corrected chi connectivity index (χ0v) is 7.81. The van der Waals surface area contributed by atoms with Crippen LogP contribution < -0.4 is 5.73 Å². The Balaban J connectivity index is 4.04. The summed E-state index contributed by atoms with van der Waals surface area (Å²) in [5.41, 5.74) is 4.99. The van der Waals surface area contributed by atoms with Gasteiger partial charge in [-0.05, 0) is 18.4 Å². The van der Waals surface area contributed by atoms with Crippen LogP contribution in [0.15, 0.2) is 0 Å². The number of halogens is 2. The molecule has 12 heavy (non-hydrogen) atoms. The summed E-state index contributed by atoms with van der Waals surface area (Å²) in [6, 6.07) is 0. The number of ether oxygens (including phenoxy) is 1. The van der Waals surface area contributed by atoms with Crippen molar-refractivity contribution in [3.05, 3.63) is 0 Å². The van der Waals surface area contributed by atoms with Gasteiger partial charge >= 0.3 is 6.61 Å². The second-order valence-corrected chi connectivity index (χ2v) is 3.83. The highest BCUT2D eigenvalue weighted by Gasteiger charge is 2.27. The van der Waals surface area contributed by atoms with Gasteiger partial charge in [-0.25, -0.2) is 0 Å². The fraction of sp³-hybridized carbons (Fsp3) is 1.00. The van der Waals surface area contributed by atoms with E-state index in [4.69, 9.17) is 5.73 Å². The minimum Gasteiger partial charge on any atom is -0.330 e. The van der Waals surface area contributed by atoms with Gasteiger partial charge in [-0.3, -0.25) is 0 Å². The van der Waals surface area contributed by atoms with Crippen LogP contribution in [0, 0.1) is 5.41 Å². The fourth-order valence-corrected chi connectivity index (χ4v) is 0.981. The predicted molar refractivity (Wildman–Crippen MR) is 44.0 cm³/mol.